The number of aryl methyl sites for hydroxylation is 1. The van der Waals surface area contributed by atoms with Gasteiger partial charge in [0.1, 0.15) is 5.82 Å². The molecule has 1 rings (SSSR count). The summed E-state index contributed by atoms with van der Waals surface area (Å²) in [5.74, 6) is 0.751. The van der Waals surface area contributed by atoms with Gasteiger partial charge in [0, 0.05) is 18.3 Å². The van der Waals surface area contributed by atoms with E-state index in [1.165, 1.54) is 0 Å². The summed E-state index contributed by atoms with van der Waals surface area (Å²) in [4.78, 5) is 7.74. The molecule has 0 spiro atoms. The van der Waals surface area contributed by atoms with E-state index in [0.717, 1.165) is 5.56 Å². The molecule has 0 radical (unpaired) electrons. The van der Waals surface area contributed by atoms with Crippen LogP contribution in [0.2, 0.25) is 0 Å². The van der Waals surface area contributed by atoms with E-state index in [9.17, 15) is 0 Å². The summed E-state index contributed by atoms with van der Waals surface area (Å²) in [5.41, 5.74) is 6.23. The molecule has 6 nitrogen and oxygen atoms in total. The van der Waals surface area contributed by atoms with Gasteiger partial charge in [0.25, 0.3) is 0 Å². The van der Waals surface area contributed by atoms with Crippen molar-refractivity contribution in [3.8, 4) is 0 Å². The van der Waals surface area contributed by atoms with Gasteiger partial charge < -0.3 is 21.3 Å². The third-order valence-corrected chi connectivity index (χ3v) is 1.71. The molecule has 0 fully saturated rings. The highest BCUT2D eigenvalue weighted by Crippen LogP contribution is 2.10. The second-order valence-corrected chi connectivity index (χ2v) is 2.98. The Bertz CT molecular complexity index is 305. The van der Waals surface area contributed by atoms with Crippen LogP contribution in [0.3, 0.4) is 0 Å². The molecule has 1 heterocycles. The SMILES string of the molecule is Cc1cnc(N)nc1NCC(O)CO. The van der Waals surface area contributed by atoms with Crippen molar-refractivity contribution in [2.24, 2.45) is 0 Å². The Morgan fingerprint density at radius 3 is 3.00 bits per heavy atom. The standard InChI is InChI=1S/C8H14N4O2/c1-5-2-11-8(9)12-7(5)10-3-6(14)4-13/h2,6,13-14H,3-4H2,1H3,(H3,9,10,11,12). The molecule has 0 aliphatic carbocycles. The van der Waals surface area contributed by atoms with Gasteiger partial charge in [-0.05, 0) is 6.92 Å². The average Bonchev–Trinajstić information content (AvgIpc) is 2.19. The first-order chi connectivity index (χ1) is 6.63. The number of aromatic nitrogens is 2. The maximum absolute atomic E-state index is 9.09. The number of nitrogens with two attached hydrogens (primary N) is 1. The van der Waals surface area contributed by atoms with E-state index in [0.29, 0.717) is 5.82 Å². The van der Waals surface area contributed by atoms with E-state index in [1.54, 1.807) is 6.20 Å². The molecule has 0 saturated heterocycles. The van der Waals surface area contributed by atoms with E-state index in [4.69, 9.17) is 15.9 Å². The van der Waals surface area contributed by atoms with Crippen LogP contribution in [0.5, 0.6) is 0 Å². The van der Waals surface area contributed by atoms with Gasteiger partial charge in [-0.2, -0.15) is 4.98 Å². The smallest absolute Gasteiger partial charge is 0.221 e. The molecule has 0 aliphatic heterocycles. The first-order valence-corrected chi connectivity index (χ1v) is 4.25. The molecular weight excluding hydrogens is 184 g/mol. The third kappa shape index (κ3) is 2.82. The maximum Gasteiger partial charge on any atom is 0.221 e. The highest BCUT2D eigenvalue weighted by Gasteiger charge is 2.04. The minimum Gasteiger partial charge on any atom is -0.394 e. The van der Waals surface area contributed by atoms with Crippen molar-refractivity contribution < 1.29 is 10.2 Å². The summed E-state index contributed by atoms with van der Waals surface area (Å²) < 4.78 is 0. The summed E-state index contributed by atoms with van der Waals surface area (Å²) in [6.07, 6.45) is 0.793. The van der Waals surface area contributed by atoms with Gasteiger partial charge in [0.15, 0.2) is 0 Å². The topological polar surface area (TPSA) is 104 Å². The van der Waals surface area contributed by atoms with Crippen molar-refractivity contribution in [3.05, 3.63) is 11.8 Å². The lowest BCUT2D eigenvalue weighted by atomic mass is 10.3. The third-order valence-electron chi connectivity index (χ3n) is 1.71. The van der Waals surface area contributed by atoms with E-state index in [2.05, 4.69) is 15.3 Å². The Kier molecular flexibility index (Phi) is 3.61. The van der Waals surface area contributed by atoms with Crippen LogP contribution >= 0.6 is 0 Å². The lowest BCUT2D eigenvalue weighted by Gasteiger charge is -2.11. The maximum atomic E-state index is 9.09. The normalized spacial score (nSPS) is 12.5. The molecule has 0 amide bonds. The molecule has 0 aliphatic rings. The van der Waals surface area contributed by atoms with E-state index in [-0.39, 0.29) is 19.1 Å². The molecule has 0 saturated carbocycles. The lowest BCUT2D eigenvalue weighted by Crippen LogP contribution is -2.23. The highest BCUT2D eigenvalue weighted by atomic mass is 16.3. The Labute approximate surface area is 81.8 Å². The summed E-state index contributed by atoms with van der Waals surface area (Å²) in [6, 6.07) is 0. The fourth-order valence-corrected chi connectivity index (χ4v) is 0.914. The van der Waals surface area contributed by atoms with Crippen LogP contribution in [0, 0.1) is 6.92 Å². The monoisotopic (exact) mass is 198 g/mol. The number of hydrogen-bond donors (Lipinski definition) is 4. The number of nitrogen functional groups attached to an aromatic ring is 1. The zero-order valence-electron chi connectivity index (χ0n) is 7.94. The minimum absolute atomic E-state index is 0.177. The van der Waals surface area contributed by atoms with Crippen molar-refractivity contribution in [2.45, 2.75) is 13.0 Å². The van der Waals surface area contributed by atoms with Crippen molar-refractivity contribution in [3.63, 3.8) is 0 Å². The van der Waals surface area contributed by atoms with Gasteiger partial charge in [0.05, 0.1) is 12.7 Å². The Balaban J connectivity index is 2.62. The Hall–Kier alpha value is -1.40. The van der Waals surface area contributed by atoms with Crippen LogP contribution in [0.4, 0.5) is 11.8 Å². The molecule has 1 aromatic heterocycles. The highest BCUT2D eigenvalue weighted by molar-refractivity contribution is 5.45. The van der Waals surface area contributed by atoms with E-state index < -0.39 is 6.10 Å². The number of rotatable bonds is 4. The number of aliphatic hydroxyl groups excluding tert-OH is 2. The van der Waals surface area contributed by atoms with Crippen molar-refractivity contribution in [1.82, 2.24) is 9.97 Å². The number of nitrogens with one attached hydrogen (secondary N) is 1. The first-order valence-electron chi connectivity index (χ1n) is 4.25. The molecule has 0 bridgehead atoms. The van der Waals surface area contributed by atoms with Gasteiger partial charge in [-0.25, -0.2) is 4.98 Å². The zero-order valence-corrected chi connectivity index (χ0v) is 7.94. The fourth-order valence-electron chi connectivity index (χ4n) is 0.914. The van der Waals surface area contributed by atoms with Crippen LogP contribution in [0.1, 0.15) is 5.56 Å². The summed E-state index contributed by atoms with van der Waals surface area (Å²) >= 11 is 0. The largest absolute Gasteiger partial charge is 0.394 e. The number of nitrogens with zero attached hydrogens (tertiary/aromatic N) is 2. The summed E-state index contributed by atoms with van der Waals surface area (Å²) in [6.45, 7) is 1.77. The Morgan fingerprint density at radius 2 is 2.36 bits per heavy atom. The predicted molar refractivity (Wildman–Crippen MR) is 52.8 cm³/mol. The van der Waals surface area contributed by atoms with Crippen molar-refractivity contribution in [1.29, 1.82) is 0 Å². The fraction of sp³-hybridized carbons (Fsp3) is 0.500. The minimum atomic E-state index is -0.800. The molecule has 1 aromatic rings. The van der Waals surface area contributed by atoms with E-state index >= 15 is 0 Å². The van der Waals surface area contributed by atoms with Crippen molar-refractivity contribution in [2.75, 3.05) is 24.2 Å². The van der Waals surface area contributed by atoms with Crippen molar-refractivity contribution >= 4 is 11.8 Å². The van der Waals surface area contributed by atoms with Crippen LogP contribution in [-0.2, 0) is 0 Å². The molecule has 1 unspecified atom stereocenters. The Morgan fingerprint density at radius 1 is 1.64 bits per heavy atom. The van der Waals surface area contributed by atoms with Crippen LogP contribution < -0.4 is 11.1 Å². The number of hydrogen-bond acceptors (Lipinski definition) is 6. The molecule has 6 heteroatoms. The first kappa shape index (κ1) is 10.7. The quantitative estimate of drug-likeness (QED) is 0.501. The number of aliphatic hydroxyl groups is 2. The lowest BCUT2D eigenvalue weighted by molar-refractivity contribution is 0.105. The number of anilines is 2. The second-order valence-electron chi connectivity index (χ2n) is 2.98. The summed E-state index contributed by atoms with van der Waals surface area (Å²) in [7, 11) is 0. The molecule has 0 aromatic carbocycles. The predicted octanol–water partition coefficient (Wildman–Crippen LogP) is -0.868. The van der Waals surface area contributed by atoms with E-state index in [1.807, 2.05) is 6.92 Å². The van der Waals surface area contributed by atoms with Gasteiger partial charge in [-0.15, -0.1) is 0 Å². The van der Waals surface area contributed by atoms with Gasteiger partial charge in [0.2, 0.25) is 5.95 Å². The van der Waals surface area contributed by atoms with Gasteiger partial charge >= 0.3 is 0 Å². The van der Waals surface area contributed by atoms with Gasteiger partial charge in [-0.1, -0.05) is 0 Å². The van der Waals surface area contributed by atoms with Crippen LogP contribution in [-0.4, -0.2) is 39.4 Å². The van der Waals surface area contributed by atoms with Crippen LogP contribution in [0.15, 0.2) is 6.20 Å². The van der Waals surface area contributed by atoms with Gasteiger partial charge in [-0.3, -0.25) is 0 Å². The summed E-state index contributed by atoms with van der Waals surface area (Å²) in [5, 5.41) is 20.5. The molecule has 14 heavy (non-hydrogen) atoms. The average molecular weight is 198 g/mol. The van der Waals surface area contributed by atoms with Crippen LogP contribution in [0.25, 0.3) is 0 Å². The molecular formula is C8H14N4O2. The molecule has 5 N–H and O–H groups in total. The molecule has 78 valence electrons. The zero-order chi connectivity index (χ0) is 10.6. The second kappa shape index (κ2) is 4.73. The molecule has 1 atom stereocenters.